The lowest BCUT2D eigenvalue weighted by atomic mass is 10.2. The molecule has 0 unspecified atom stereocenters. The van der Waals surface area contributed by atoms with Gasteiger partial charge < -0.3 is 5.32 Å². The van der Waals surface area contributed by atoms with Crippen LogP contribution in [-0.2, 0) is 6.18 Å². The maximum absolute atomic E-state index is 12.6. The second-order valence-corrected chi connectivity index (χ2v) is 4.68. The highest BCUT2D eigenvalue weighted by molar-refractivity contribution is 6.32. The number of nitrogens with zero attached hydrogens (tertiary/aromatic N) is 2. The van der Waals surface area contributed by atoms with E-state index in [4.69, 9.17) is 11.6 Å². The smallest absolute Gasteiger partial charge is 0.356 e. The first-order valence-electron chi connectivity index (χ1n) is 6.00. The summed E-state index contributed by atoms with van der Waals surface area (Å²) >= 11 is 5.97. The lowest BCUT2D eigenvalue weighted by Gasteiger charge is -2.12. The quantitative estimate of drug-likeness (QED) is 0.917. The van der Waals surface area contributed by atoms with E-state index in [9.17, 15) is 13.2 Å². The Morgan fingerprint density at radius 1 is 1.35 bits per heavy atom. The van der Waals surface area contributed by atoms with Crippen LogP contribution in [0.15, 0.2) is 24.4 Å². The number of alkyl halides is 3. The average molecular weight is 304 g/mol. The van der Waals surface area contributed by atoms with Gasteiger partial charge in [-0.2, -0.15) is 13.2 Å². The van der Waals surface area contributed by atoms with E-state index in [1.165, 1.54) is 6.07 Å². The van der Waals surface area contributed by atoms with Gasteiger partial charge >= 0.3 is 6.18 Å². The summed E-state index contributed by atoms with van der Waals surface area (Å²) in [4.78, 5) is 4.26. The van der Waals surface area contributed by atoms with Crippen molar-refractivity contribution in [3.8, 4) is 5.69 Å². The minimum atomic E-state index is -4.41. The Bertz CT molecular complexity index is 620. The zero-order chi connectivity index (χ0) is 14.9. The lowest BCUT2D eigenvalue weighted by molar-refractivity contribution is -0.137. The van der Waals surface area contributed by atoms with Crippen LogP contribution in [0.1, 0.15) is 18.2 Å². The molecule has 108 valence electrons. The highest BCUT2D eigenvalue weighted by Gasteiger charge is 2.31. The standard InChI is InChI=1S/C13H13ClF3N3/c1-3-18-12-19-8(2)7-20(12)11-5-4-9(6-10(11)14)13(15,16)17/h4-7H,3H2,1-2H3,(H,18,19). The molecule has 0 radical (unpaired) electrons. The Morgan fingerprint density at radius 3 is 2.60 bits per heavy atom. The Kier molecular flexibility index (Phi) is 3.94. The van der Waals surface area contributed by atoms with Gasteiger partial charge in [0, 0.05) is 12.7 Å². The largest absolute Gasteiger partial charge is 0.416 e. The van der Waals surface area contributed by atoms with Gasteiger partial charge in [-0.1, -0.05) is 11.6 Å². The maximum Gasteiger partial charge on any atom is 0.416 e. The monoisotopic (exact) mass is 303 g/mol. The number of halogens is 4. The van der Waals surface area contributed by atoms with Gasteiger partial charge in [0.2, 0.25) is 5.95 Å². The van der Waals surface area contributed by atoms with E-state index >= 15 is 0 Å². The van der Waals surface area contributed by atoms with Gasteiger partial charge in [0.1, 0.15) is 0 Å². The number of anilines is 1. The molecule has 1 N–H and O–H groups in total. The topological polar surface area (TPSA) is 29.9 Å². The number of aromatic nitrogens is 2. The molecule has 0 aliphatic rings. The summed E-state index contributed by atoms with van der Waals surface area (Å²) in [5.74, 6) is 0.548. The van der Waals surface area contributed by atoms with Crippen LogP contribution in [0.3, 0.4) is 0 Å². The number of imidazole rings is 1. The molecule has 0 spiro atoms. The van der Waals surface area contributed by atoms with Gasteiger partial charge in [0.25, 0.3) is 0 Å². The van der Waals surface area contributed by atoms with Gasteiger partial charge in [0.05, 0.1) is 22.0 Å². The van der Waals surface area contributed by atoms with Crippen LogP contribution in [0.2, 0.25) is 5.02 Å². The molecule has 0 fully saturated rings. The van der Waals surface area contributed by atoms with Gasteiger partial charge in [-0.05, 0) is 32.0 Å². The summed E-state index contributed by atoms with van der Waals surface area (Å²) in [5.41, 5.74) is 0.432. The predicted octanol–water partition coefficient (Wildman–Crippen LogP) is 4.28. The molecule has 0 aliphatic heterocycles. The fraction of sp³-hybridized carbons (Fsp3) is 0.308. The average Bonchev–Trinajstić information content (AvgIpc) is 2.69. The first-order chi connectivity index (χ1) is 9.32. The van der Waals surface area contributed by atoms with Crippen molar-refractivity contribution in [1.82, 2.24) is 9.55 Å². The fourth-order valence-electron chi connectivity index (χ4n) is 1.84. The molecular formula is C13H13ClF3N3. The first kappa shape index (κ1) is 14.7. The second-order valence-electron chi connectivity index (χ2n) is 4.27. The van der Waals surface area contributed by atoms with Crippen molar-refractivity contribution in [2.75, 3.05) is 11.9 Å². The number of hydrogen-bond acceptors (Lipinski definition) is 2. The zero-order valence-corrected chi connectivity index (χ0v) is 11.7. The second kappa shape index (κ2) is 5.36. The van der Waals surface area contributed by atoms with E-state index in [2.05, 4.69) is 10.3 Å². The molecular weight excluding hydrogens is 291 g/mol. The van der Waals surface area contributed by atoms with Crippen LogP contribution in [-0.4, -0.2) is 16.1 Å². The number of rotatable bonds is 3. The van der Waals surface area contributed by atoms with Crippen LogP contribution in [0.5, 0.6) is 0 Å². The van der Waals surface area contributed by atoms with Crippen LogP contribution in [0.4, 0.5) is 19.1 Å². The van der Waals surface area contributed by atoms with Gasteiger partial charge in [-0.25, -0.2) is 4.98 Å². The molecule has 0 saturated heterocycles. The maximum atomic E-state index is 12.6. The van der Waals surface area contributed by atoms with E-state index in [0.29, 0.717) is 18.2 Å². The SMILES string of the molecule is CCNc1nc(C)cn1-c1ccc(C(F)(F)F)cc1Cl. The Balaban J connectivity index is 2.48. The summed E-state index contributed by atoms with van der Waals surface area (Å²) in [7, 11) is 0. The molecule has 0 atom stereocenters. The number of aryl methyl sites for hydroxylation is 1. The molecule has 1 heterocycles. The van der Waals surface area contributed by atoms with Crippen molar-refractivity contribution < 1.29 is 13.2 Å². The van der Waals surface area contributed by atoms with Crippen molar-refractivity contribution in [3.05, 3.63) is 40.7 Å². The summed E-state index contributed by atoms with van der Waals surface area (Å²) in [5, 5.41) is 3.06. The van der Waals surface area contributed by atoms with E-state index in [1.807, 2.05) is 6.92 Å². The molecule has 2 aromatic rings. The van der Waals surface area contributed by atoms with Gasteiger partial charge in [0.15, 0.2) is 0 Å². The third kappa shape index (κ3) is 2.90. The van der Waals surface area contributed by atoms with Crippen molar-refractivity contribution in [2.24, 2.45) is 0 Å². The van der Waals surface area contributed by atoms with Crippen LogP contribution >= 0.6 is 11.6 Å². The van der Waals surface area contributed by atoms with E-state index < -0.39 is 11.7 Å². The molecule has 1 aromatic carbocycles. The molecule has 3 nitrogen and oxygen atoms in total. The third-order valence-electron chi connectivity index (χ3n) is 2.70. The highest BCUT2D eigenvalue weighted by Crippen LogP contribution is 2.34. The third-order valence-corrected chi connectivity index (χ3v) is 3.00. The number of nitrogens with one attached hydrogen (secondary N) is 1. The normalized spacial score (nSPS) is 11.7. The summed E-state index contributed by atoms with van der Waals surface area (Å²) < 4.78 is 39.5. The van der Waals surface area contributed by atoms with Gasteiger partial charge in [-0.15, -0.1) is 0 Å². The van der Waals surface area contributed by atoms with E-state index in [0.717, 1.165) is 17.8 Å². The predicted molar refractivity (Wildman–Crippen MR) is 72.5 cm³/mol. The van der Waals surface area contributed by atoms with Crippen LogP contribution < -0.4 is 5.32 Å². The van der Waals surface area contributed by atoms with Crippen molar-refractivity contribution >= 4 is 17.5 Å². The lowest BCUT2D eigenvalue weighted by Crippen LogP contribution is -2.08. The minimum absolute atomic E-state index is 0.0244. The molecule has 0 bridgehead atoms. The van der Waals surface area contributed by atoms with Crippen LogP contribution in [0.25, 0.3) is 5.69 Å². The molecule has 20 heavy (non-hydrogen) atoms. The van der Waals surface area contributed by atoms with Crippen molar-refractivity contribution in [3.63, 3.8) is 0 Å². The molecule has 7 heteroatoms. The fourth-order valence-corrected chi connectivity index (χ4v) is 2.11. The molecule has 1 aromatic heterocycles. The Labute approximate surface area is 119 Å². The molecule has 2 rings (SSSR count). The molecule has 0 saturated carbocycles. The summed E-state index contributed by atoms with van der Waals surface area (Å²) in [6.07, 6.45) is -2.69. The molecule has 0 amide bonds. The van der Waals surface area contributed by atoms with Gasteiger partial charge in [-0.3, -0.25) is 4.57 Å². The van der Waals surface area contributed by atoms with Crippen LogP contribution in [0, 0.1) is 6.92 Å². The first-order valence-corrected chi connectivity index (χ1v) is 6.37. The number of benzene rings is 1. The van der Waals surface area contributed by atoms with Crippen molar-refractivity contribution in [2.45, 2.75) is 20.0 Å². The highest BCUT2D eigenvalue weighted by atomic mass is 35.5. The summed E-state index contributed by atoms with van der Waals surface area (Å²) in [6, 6.07) is 3.27. The number of hydrogen-bond donors (Lipinski definition) is 1. The summed E-state index contributed by atoms with van der Waals surface area (Å²) in [6.45, 7) is 4.35. The minimum Gasteiger partial charge on any atom is -0.356 e. The zero-order valence-electron chi connectivity index (χ0n) is 10.9. The van der Waals surface area contributed by atoms with E-state index in [-0.39, 0.29) is 5.02 Å². The van der Waals surface area contributed by atoms with E-state index in [1.54, 1.807) is 17.7 Å². The Morgan fingerprint density at radius 2 is 2.05 bits per heavy atom. The van der Waals surface area contributed by atoms with Crippen molar-refractivity contribution in [1.29, 1.82) is 0 Å². The Hall–Kier alpha value is -1.69. The molecule has 0 aliphatic carbocycles.